The Labute approximate surface area is 164 Å². The quantitative estimate of drug-likeness (QED) is 0.589. The topological polar surface area (TPSA) is 90.6 Å². The van der Waals surface area contributed by atoms with Gasteiger partial charge < -0.3 is 15.2 Å². The Hall–Kier alpha value is -2.87. The second kappa shape index (κ2) is 8.43. The molecule has 2 N–H and O–H groups in total. The monoisotopic (exact) mass is 385 g/mol. The van der Waals surface area contributed by atoms with Crippen LogP contribution in [0.25, 0.3) is 0 Å². The van der Waals surface area contributed by atoms with Crippen LogP contribution in [0.1, 0.15) is 44.0 Å². The van der Waals surface area contributed by atoms with Crippen LogP contribution in [0, 0.1) is 0 Å². The van der Waals surface area contributed by atoms with Crippen molar-refractivity contribution in [1.29, 1.82) is 0 Å². The van der Waals surface area contributed by atoms with Crippen LogP contribution in [-0.2, 0) is 9.63 Å². The molecule has 3 heterocycles. The van der Waals surface area contributed by atoms with Gasteiger partial charge in [0.25, 0.3) is 5.91 Å². The molecular formula is C20H27N5O3. The Bertz CT molecular complexity index is 800. The van der Waals surface area contributed by atoms with Gasteiger partial charge in [0.15, 0.2) is 0 Å². The van der Waals surface area contributed by atoms with E-state index in [9.17, 15) is 9.59 Å². The highest BCUT2D eigenvalue weighted by Crippen LogP contribution is 2.25. The summed E-state index contributed by atoms with van der Waals surface area (Å²) in [4.78, 5) is 38.9. The van der Waals surface area contributed by atoms with E-state index in [1.54, 1.807) is 24.5 Å². The van der Waals surface area contributed by atoms with Crippen molar-refractivity contribution in [3.05, 3.63) is 42.4 Å². The zero-order valence-corrected chi connectivity index (χ0v) is 16.5. The second-order valence-electron chi connectivity index (χ2n) is 7.88. The molecule has 0 saturated carbocycles. The van der Waals surface area contributed by atoms with Gasteiger partial charge in [-0.2, -0.15) is 0 Å². The van der Waals surface area contributed by atoms with Crippen LogP contribution in [0.2, 0.25) is 0 Å². The van der Waals surface area contributed by atoms with E-state index in [0.29, 0.717) is 17.8 Å². The van der Waals surface area contributed by atoms with Gasteiger partial charge in [-0.25, -0.2) is 5.06 Å². The number of H-pyrrole nitrogens is 1. The summed E-state index contributed by atoms with van der Waals surface area (Å²) < 4.78 is 0. The Balaban J connectivity index is 1.64. The number of aromatic nitrogens is 2. The summed E-state index contributed by atoms with van der Waals surface area (Å²) in [6, 6.07) is 5.31. The molecular weight excluding hydrogens is 358 g/mol. The number of hydrogen-bond acceptors (Lipinski definition) is 5. The van der Waals surface area contributed by atoms with Gasteiger partial charge in [0.1, 0.15) is 5.82 Å². The molecule has 3 rings (SSSR count). The lowest BCUT2D eigenvalue weighted by atomic mass is 10.1. The number of amides is 2. The minimum atomic E-state index is -0.431. The first-order chi connectivity index (χ1) is 13.4. The van der Waals surface area contributed by atoms with Gasteiger partial charge in [0.05, 0.1) is 22.9 Å². The normalized spacial score (nSPS) is 17.2. The maximum Gasteiger partial charge on any atom is 0.257 e. The molecule has 1 aliphatic heterocycles. The summed E-state index contributed by atoms with van der Waals surface area (Å²) >= 11 is 0. The van der Waals surface area contributed by atoms with Gasteiger partial charge in [-0.15, -0.1) is 0 Å². The van der Waals surface area contributed by atoms with Crippen LogP contribution < -0.4 is 10.2 Å². The fourth-order valence-corrected chi connectivity index (χ4v) is 3.22. The van der Waals surface area contributed by atoms with Crippen LogP contribution >= 0.6 is 0 Å². The third kappa shape index (κ3) is 5.10. The fourth-order valence-electron chi connectivity index (χ4n) is 3.22. The van der Waals surface area contributed by atoms with E-state index in [0.717, 1.165) is 31.6 Å². The van der Waals surface area contributed by atoms with E-state index in [1.165, 1.54) is 11.3 Å². The van der Waals surface area contributed by atoms with Crippen LogP contribution in [0.5, 0.6) is 0 Å². The Kier molecular flexibility index (Phi) is 5.99. The van der Waals surface area contributed by atoms with Gasteiger partial charge in [0, 0.05) is 37.7 Å². The van der Waals surface area contributed by atoms with Gasteiger partial charge >= 0.3 is 0 Å². The van der Waals surface area contributed by atoms with Crippen LogP contribution in [-0.4, -0.2) is 52.1 Å². The predicted molar refractivity (Wildman–Crippen MR) is 107 cm³/mol. The smallest absolute Gasteiger partial charge is 0.257 e. The number of piperidine rings is 1. The number of anilines is 2. The van der Waals surface area contributed by atoms with Crippen molar-refractivity contribution in [1.82, 2.24) is 15.0 Å². The highest BCUT2D eigenvalue weighted by molar-refractivity contribution is 6.04. The highest BCUT2D eigenvalue weighted by Gasteiger charge is 2.29. The molecule has 0 bridgehead atoms. The van der Waals surface area contributed by atoms with E-state index in [4.69, 9.17) is 4.84 Å². The summed E-state index contributed by atoms with van der Waals surface area (Å²) in [5, 5.41) is 4.30. The summed E-state index contributed by atoms with van der Waals surface area (Å²) in [5.41, 5.74) is 0.757. The lowest BCUT2D eigenvalue weighted by molar-refractivity contribution is -0.232. The number of pyridine rings is 1. The first kappa shape index (κ1) is 19.9. The third-order valence-electron chi connectivity index (χ3n) is 4.43. The van der Waals surface area contributed by atoms with E-state index in [-0.39, 0.29) is 11.9 Å². The molecule has 2 amide bonds. The van der Waals surface area contributed by atoms with E-state index in [1.807, 2.05) is 26.8 Å². The number of hydrogen-bond donors (Lipinski definition) is 2. The Morgan fingerprint density at radius 1 is 1.46 bits per heavy atom. The van der Waals surface area contributed by atoms with Crippen molar-refractivity contribution < 1.29 is 14.4 Å². The highest BCUT2D eigenvalue weighted by atomic mass is 16.7. The molecule has 0 aromatic carbocycles. The Morgan fingerprint density at radius 2 is 2.29 bits per heavy atom. The molecule has 28 heavy (non-hydrogen) atoms. The van der Waals surface area contributed by atoms with Gasteiger partial charge in [-0.05, 0) is 45.7 Å². The zero-order valence-electron chi connectivity index (χ0n) is 16.5. The summed E-state index contributed by atoms with van der Waals surface area (Å²) in [5.74, 6) is 0.689. The molecule has 1 atom stereocenters. The van der Waals surface area contributed by atoms with E-state index < -0.39 is 5.60 Å². The number of nitrogens with zero attached hydrogens (tertiary/aromatic N) is 3. The van der Waals surface area contributed by atoms with Crippen molar-refractivity contribution in [2.45, 2.75) is 45.3 Å². The molecule has 0 unspecified atom stereocenters. The van der Waals surface area contributed by atoms with E-state index in [2.05, 4.69) is 20.2 Å². The van der Waals surface area contributed by atoms with Crippen molar-refractivity contribution in [3.8, 4) is 0 Å². The van der Waals surface area contributed by atoms with Crippen molar-refractivity contribution in [2.24, 2.45) is 0 Å². The molecule has 2 aromatic heterocycles. The average molecular weight is 385 g/mol. The fraction of sp³-hybridized carbons (Fsp3) is 0.450. The maximum absolute atomic E-state index is 12.3. The minimum absolute atomic E-state index is 0.0257. The number of carbonyl (C=O) groups excluding carboxylic acids is 2. The summed E-state index contributed by atoms with van der Waals surface area (Å²) in [6.07, 6.45) is 7.50. The molecule has 8 heteroatoms. The summed E-state index contributed by atoms with van der Waals surface area (Å²) in [6.45, 7) is 7.30. The summed E-state index contributed by atoms with van der Waals surface area (Å²) in [7, 11) is 0. The molecule has 0 radical (unpaired) electrons. The molecule has 8 nitrogen and oxygen atoms in total. The Morgan fingerprint density at radius 3 is 2.96 bits per heavy atom. The average Bonchev–Trinajstić information content (AvgIpc) is 3.14. The number of carbonyl (C=O) groups is 2. The first-order valence-corrected chi connectivity index (χ1v) is 9.43. The number of rotatable bonds is 6. The molecule has 0 aliphatic carbocycles. The van der Waals surface area contributed by atoms with Gasteiger partial charge in [0.2, 0.25) is 6.41 Å². The molecule has 1 fully saturated rings. The van der Waals surface area contributed by atoms with Crippen molar-refractivity contribution in [3.63, 3.8) is 0 Å². The van der Waals surface area contributed by atoms with Crippen molar-refractivity contribution in [2.75, 3.05) is 23.3 Å². The number of hydroxylamine groups is 2. The lowest BCUT2D eigenvalue weighted by Crippen LogP contribution is -2.49. The molecule has 0 spiro atoms. The SMILES string of the molecule is CC(C)(C)ON(C=O)[C@@H]1CCCN(c2cc(NC(=O)c3cccnc3)c[nH]2)C1. The van der Waals surface area contributed by atoms with E-state index >= 15 is 0 Å². The molecule has 150 valence electrons. The van der Waals surface area contributed by atoms with Gasteiger partial charge in [-0.3, -0.25) is 19.4 Å². The van der Waals surface area contributed by atoms with Gasteiger partial charge in [-0.1, -0.05) is 0 Å². The largest absolute Gasteiger partial charge is 0.356 e. The van der Waals surface area contributed by atoms with Crippen molar-refractivity contribution >= 4 is 23.8 Å². The first-order valence-electron chi connectivity index (χ1n) is 9.43. The molecule has 2 aromatic rings. The maximum atomic E-state index is 12.3. The lowest BCUT2D eigenvalue weighted by Gasteiger charge is -2.39. The number of aromatic amines is 1. The zero-order chi connectivity index (χ0) is 20.1. The van der Waals surface area contributed by atoms with Crippen LogP contribution in [0.3, 0.4) is 0 Å². The number of nitrogens with one attached hydrogen (secondary N) is 2. The van der Waals surface area contributed by atoms with Crippen LogP contribution in [0.4, 0.5) is 11.5 Å². The second-order valence-corrected chi connectivity index (χ2v) is 7.88. The minimum Gasteiger partial charge on any atom is -0.356 e. The molecule has 1 saturated heterocycles. The molecule has 1 aliphatic rings. The predicted octanol–water partition coefficient (Wildman–Crippen LogP) is 2.82. The third-order valence-corrected chi connectivity index (χ3v) is 4.43. The standard InChI is InChI=1S/C20H27N5O3/c1-20(2,3)28-25(14-26)17-7-5-9-24(13-17)18-10-16(12-22-18)23-19(27)15-6-4-8-21-11-15/h4,6,8,10-12,14,17,22H,5,7,9,13H2,1-3H3,(H,23,27)/t17-/m1/s1. The van der Waals surface area contributed by atoms with Crippen LogP contribution in [0.15, 0.2) is 36.8 Å².